The van der Waals surface area contributed by atoms with E-state index >= 15 is 0 Å². The van der Waals surface area contributed by atoms with Gasteiger partial charge < -0.3 is 5.11 Å². The molecule has 1 rings (SSSR count). The molecule has 0 aliphatic heterocycles. The summed E-state index contributed by atoms with van der Waals surface area (Å²) in [5, 5.41) is 9.75. The van der Waals surface area contributed by atoms with E-state index in [4.69, 9.17) is 0 Å². The van der Waals surface area contributed by atoms with Crippen molar-refractivity contribution in [2.45, 2.75) is 26.4 Å². The minimum atomic E-state index is -0.405. The van der Waals surface area contributed by atoms with Crippen LogP contribution in [-0.2, 0) is 0 Å². The summed E-state index contributed by atoms with van der Waals surface area (Å²) in [5.41, 5.74) is 3.34. The first kappa shape index (κ1) is 10.0. The van der Waals surface area contributed by atoms with Gasteiger partial charge in [0.05, 0.1) is 6.10 Å². The Kier molecular flexibility index (Phi) is 3.26. The van der Waals surface area contributed by atoms with Gasteiger partial charge in [0, 0.05) is 0 Å². The van der Waals surface area contributed by atoms with Gasteiger partial charge in [0.25, 0.3) is 0 Å². The number of benzene rings is 1. The van der Waals surface area contributed by atoms with E-state index in [1.165, 1.54) is 5.56 Å². The third-order valence-corrected chi connectivity index (χ3v) is 2.18. The summed E-state index contributed by atoms with van der Waals surface area (Å²) in [6, 6.07) is 6.12. The highest BCUT2D eigenvalue weighted by molar-refractivity contribution is 5.32. The zero-order chi connectivity index (χ0) is 9.84. The normalized spacial score (nSPS) is 12.5. The van der Waals surface area contributed by atoms with Crippen LogP contribution in [0.5, 0.6) is 0 Å². The Labute approximate surface area is 79.7 Å². The van der Waals surface area contributed by atoms with Crippen LogP contribution in [0, 0.1) is 13.8 Å². The van der Waals surface area contributed by atoms with E-state index in [1.807, 2.05) is 26.0 Å². The average Bonchev–Trinajstić information content (AvgIpc) is 2.09. The van der Waals surface area contributed by atoms with Gasteiger partial charge in [-0.05, 0) is 31.4 Å². The minimum Gasteiger partial charge on any atom is -0.388 e. The van der Waals surface area contributed by atoms with E-state index in [1.54, 1.807) is 6.08 Å². The lowest BCUT2D eigenvalue weighted by Gasteiger charge is -2.12. The summed E-state index contributed by atoms with van der Waals surface area (Å²) in [7, 11) is 0. The Hall–Kier alpha value is -1.08. The molecule has 1 N–H and O–H groups in total. The van der Waals surface area contributed by atoms with Crippen LogP contribution in [0.1, 0.15) is 29.2 Å². The summed E-state index contributed by atoms with van der Waals surface area (Å²) >= 11 is 0. The number of rotatable bonds is 3. The molecule has 1 aromatic carbocycles. The fourth-order valence-electron chi connectivity index (χ4n) is 1.40. The molecule has 0 amide bonds. The van der Waals surface area contributed by atoms with Crippen LogP contribution >= 0.6 is 0 Å². The Morgan fingerprint density at radius 1 is 1.46 bits per heavy atom. The second-order valence-electron chi connectivity index (χ2n) is 3.40. The molecular formula is C12H16O. The van der Waals surface area contributed by atoms with Crippen molar-refractivity contribution in [3.8, 4) is 0 Å². The molecule has 1 nitrogen and oxygen atoms in total. The van der Waals surface area contributed by atoms with Crippen LogP contribution in [-0.4, -0.2) is 5.11 Å². The summed E-state index contributed by atoms with van der Waals surface area (Å²) in [4.78, 5) is 0. The molecule has 70 valence electrons. The average molecular weight is 176 g/mol. The highest BCUT2D eigenvalue weighted by Gasteiger charge is 2.07. The topological polar surface area (TPSA) is 20.2 Å². The molecule has 1 heteroatoms. The fourth-order valence-corrected chi connectivity index (χ4v) is 1.40. The molecule has 0 spiro atoms. The van der Waals surface area contributed by atoms with Crippen LogP contribution in [0.15, 0.2) is 30.9 Å². The monoisotopic (exact) mass is 176 g/mol. The van der Waals surface area contributed by atoms with Crippen LogP contribution in [0.4, 0.5) is 0 Å². The van der Waals surface area contributed by atoms with Crippen LogP contribution in [0.2, 0.25) is 0 Å². The Morgan fingerprint density at radius 2 is 2.15 bits per heavy atom. The predicted octanol–water partition coefficient (Wildman–Crippen LogP) is 2.91. The molecule has 0 fully saturated rings. The summed E-state index contributed by atoms with van der Waals surface area (Å²) in [6.07, 6.45) is 1.95. The van der Waals surface area contributed by atoms with Crippen molar-refractivity contribution in [2.75, 3.05) is 0 Å². The van der Waals surface area contributed by atoms with Gasteiger partial charge in [-0.3, -0.25) is 0 Å². The first-order valence-electron chi connectivity index (χ1n) is 4.51. The number of hydrogen-bond donors (Lipinski definition) is 1. The largest absolute Gasteiger partial charge is 0.388 e. The zero-order valence-electron chi connectivity index (χ0n) is 8.25. The zero-order valence-corrected chi connectivity index (χ0v) is 8.25. The van der Waals surface area contributed by atoms with Crippen LogP contribution < -0.4 is 0 Å². The summed E-state index contributed by atoms with van der Waals surface area (Å²) in [5.74, 6) is 0. The molecule has 0 aliphatic rings. The molecule has 1 atom stereocenters. The second-order valence-corrected chi connectivity index (χ2v) is 3.40. The quantitative estimate of drug-likeness (QED) is 0.702. The van der Waals surface area contributed by atoms with E-state index in [0.29, 0.717) is 6.42 Å². The number of aryl methyl sites for hydroxylation is 2. The first-order chi connectivity index (χ1) is 6.15. The minimum absolute atomic E-state index is 0.405. The maximum absolute atomic E-state index is 9.75. The van der Waals surface area contributed by atoms with E-state index in [0.717, 1.165) is 11.1 Å². The number of aliphatic hydroxyl groups excluding tert-OH is 1. The Balaban J connectivity index is 2.97. The fraction of sp³-hybridized carbons (Fsp3) is 0.333. The van der Waals surface area contributed by atoms with E-state index in [9.17, 15) is 5.11 Å². The lowest BCUT2D eigenvalue weighted by Crippen LogP contribution is -1.98. The second kappa shape index (κ2) is 4.24. The molecule has 1 unspecified atom stereocenters. The Bertz CT molecular complexity index is 302. The van der Waals surface area contributed by atoms with Gasteiger partial charge in [0.1, 0.15) is 0 Å². The van der Waals surface area contributed by atoms with E-state index in [2.05, 4.69) is 12.6 Å². The van der Waals surface area contributed by atoms with Crippen molar-refractivity contribution in [1.82, 2.24) is 0 Å². The molecular weight excluding hydrogens is 160 g/mol. The smallest absolute Gasteiger partial charge is 0.0827 e. The van der Waals surface area contributed by atoms with Gasteiger partial charge in [0.15, 0.2) is 0 Å². The molecule has 0 saturated heterocycles. The summed E-state index contributed by atoms with van der Waals surface area (Å²) < 4.78 is 0. The highest BCUT2D eigenvalue weighted by Crippen LogP contribution is 2.21. The van der Waals surface area contributed by atoms with Crippen molar-refractivity contribution >= 4 is 0 Å². The summed E-state index contributed by atoms with van der Waals surface area (Å²) in [6.45, 7) is 7.66. The molecule has 0 saturated carbocycles. The van der Waals surface area contributed by atoms with Gasteiger partial charge in [-0.15, -0.1) is 6.58 Å². The molecule has 0 bridgehead atoms. The van der Waals surface area contributed by atoms with Crippen molar-refractivity contribution < 1.29 is 5.11 Å². The lowest BCUT2D eigenvalue weighted by atomic mass is 9.99. The molecule has 0 aliphatic carbocycles. The number of aliphatic hydroxyl groups is 1. The standard InChI is InChI=1S/C12H16O/c1-4-5-12(13)11-8-9(2)6-7-10(11)3/h4,6-8,12-13H,1,5H2,2-3H3. The SMILES string of the molecule is C=CCC(O)c1cc(C)ccc1C. The first-order valence-corrected chi connectivity index (χ1v) is 4.51. The van der Waals surface area contributed by atoms with E-state index < -0.39 is 6.10 Å². The van der Waals surface area contributed by atoms with E-state index in [-0.39, 0.29) is 0 Å². The Morgan fingerprint density at radius 3 is 2.77 bits per heavy atom. The third kappa shape index (κ3) is 2.43. The van der Waals surface area contributed by atoms with Crippen LogP contribution in [0.3, 0.4) is 0 Å². The van der Waals surface area contributed by atoms with Gasteiger partial charge in [-0.25, -0.2) is 0 Å². The molecule has 0 radical (unpaired) electrons. The van der Waals surface area contributed by atoms with Crippen molar-refractivity contribution in [2.24, 2.45) is 0 Å². The maximum atomic E-state index is 9.75. The highest BCUT2D eigenvalue weighted by atomic mass is 16.3. The van der Waals surface area contributed by atoms with Crippen molar-refractivity contribution in [3.63, 3.8) is 0 Å². The van der Waals surface area contributed by atoms with Gasteiger partial charge >= 0.3 is 0 Å². The number of hydrogen-bond acceptors (Lipinski definition) is 1. The van der Waals surface area contributed by atoms with Gasteiger partial charge in [-0.2, -0.15) is 0 Å². The molecule has 13 heavy (non-hydrogen) atoms. The van der Waals surface area contributed by atoms with Gasteiger partial charge in [-0.1, -0.05) is 29.8 Å². The van der Waals surface area contributed by atoms with Crippen LogP contribution in [0.25, 0.3) is 0 Å². The molecule has 1 aromatic rings. The van der Waals surface area contributed by atoms with Crippen molar-refractivity contribution in [1.29, 1.82) is 0 Å². The molecule has 0 heterocycles. The maximum Gasteiger partial charge on any atom is 0.0827 e. The van der Waals surface area contributed by atoms with Crippen molar-refractivity contribution in [3.05, 3.63) is 47.5 Å². The van der Waals surface area contributed by atoms with Gasteiger partial charge in [0.2, 0.25) is 0 Å². The lowest BCUT2D eigenvalue weighted by molar-refractivity contribution is 0.181. The predicted molar refractivity (Wildman–Crippen MR) is 55.7 cm³/mol. The molecule has 0 aromatic heterocycles. The third-order valence-electron chi connectivity index (χ3n) is 2.18.